The predicted octanol–water partition coefficient (Wildman–Crippen LogP) is 2.02. The molecule has 0 bridgehead atoms. The smallest absolute Gasteiger partial charge is 0.0994 e. The predicted molar refractivity (Wildman–Crippen MR) is 78.1 cm³/mol. The van der Waals surface area contributed by atoms with Gasteiger partial charge in [0.25, 0.3) is 0 Å². The van der Waals surface area contributed by atoms with Crippen molar-refractivity contribution in [1.29, 1.82) is 0 Å². The Bertz CT molecular complexity index is 553. The fourth-order valence-corrected chi connectivity index (χ4v) is 2.76. The standard InChI is InChI=1S/C15H20N4/c1-18(2)13-5-3-4-6-14(13)19-11-17-10-15(19)12-7-8-16-9-12/h3-6,10-12,16H,7-9H2,1-2H3. The third kappa shape index (κ3) is 2.24. The highest BCUT2D eigenvalue weighted by molar-refractivity contribution is 5.62. The number of hydrogen-bond donors (Lipinski definition) is 1. The molecule has 4 nitrogen and oxygen atoms in total. The summed E-state index contributed by atoms with van der Waals surface area (Å²) in [7, 11) is 4.15. The molecule has 1 aromatic heterocycles. The van der Waals surface area contributed by atoms with E-state index in [1.165, 1.54) is 23.5 Å². The molecule has 0 aliphatic carbocycles. The minimum atomic E-state index is 0.567. The minimum Gasteiger partial charge on any atom is -0.376 e. The van der Waals surface area contributed by atoms with E-state index < -0.39 is 0 Å². The zero-order chi connectivity index (χ0) is 13.2. The van der Waals surface area contributed by atoms with Crippen LogP contribution >= 0.6 is 0 Å². The third-order valence-electron chi connectivity index (χ3n) is 3.77. The number of aromatic nitrogens is 2. The first-order valence-corrected chi connectivity index (χ1v) is 6.77. The number of rotatable bonds is 3. The highest BCUT2D eigenvalue weighted by Gasteiger charge is 2.21. The number of hydrogen-bond acceptors (Lipinski definition) is 3. The quantitative estimate of drug-likeness (QED) is 0.912. The van der Waals surface area contributed by atoms with Crippen molar-refractivity contribution in [2.45, 2.75) is 12.3 Å². The summed E-state index contributed by atoms with van der Waals surface area (Å²) in [6.45, 7) is 2.15. The van der Waals surface area contributed by atoms with Crippen molar-refractivity contribution in [2.24, 2.45) is 0 Å². The zero-order valence-electron chi connectivity index (χ0n) is 11.5. The van der Waals surface area contributed by atoms with Crippen molar-refractivity contribution in [3.8, 4) is 5.69 Å². The maximum Gasteiger partial charge on any atom is 0.0994 e. The van der Waals surface area contributed by atoms with Crippen LogP contribution in [0.1, 0.15) is 18.0 Å². The summed E-state index contributed by atoms with van der Waals surface area (Å²) in [5.74, 6) is 0.567. The molecule has 2 heterocycles. The second kappa shape index (κ2) is 5.05. The van der Waals surface area contributed by atoms with E-state index in [-0.39, 0.29) is 0 Å². The highest BCUT2D eigenvalue weighted by Crippen LogP contribution is 2.28. The van der Waals surface area contributed by atoms with Crippen LogP contribution in [-0.2, 0) is 0 Å². The van der Waals surface area contributed by atoms with Gasteiger partial charge < -0.3 is 14.8 Å². The molecule has 1 fully saturated rings. The van der Waals surface area contributed by atoms with Gasteiger partial charge in [-0.3, -0.25) is 0 Å². The molecule has 3 rings (SSSR count). The number of benzene rings is 1. The number of anilines is 1. The largest absolute Gasteiger partial charge is 0.376 e. The summed E-state index contributed by atoms with van der Waals surface area (Å²) in [4.78, 5) is 6.51. The molecule has 0 amide bonds. The molecular weight excluding hydrogens is 236 g/mol. The Hall–Kier alpha value is -1.81. The van der Waals surface area contributed by atoms with E-state index in [1.54, 1.807) is 0 Å². The molecule has 0 spiro atoms. The Kier molecular flexibility index (Phi) is 3.25. The van der Waals surface area contributed by atoms with Gasteiger partial charge >= 0.3 is 0 Å². The number of nitrogens with one attached hydrogen (secondary N) is 1. The maximum absolute atomic E-state index is 4.36. The van der Waals surface area contributed by atoms with Crippen molar-refractivity contribution >= 4 is 5.69 Å². The summed E-state index contributed by atoms with van der Waals surface area (Å²) in [5.41, 5.74) is 3.72. The summed E-state index contributed by atoms with van der Waals surface area (Å²) >= 11 is 0. The van der Waals surface area contributed by atoms with Crippen LogP contribution in [0.25, 0.3) is 5.69 Å². The Labute approximate surface area is 114 Å². The monoisotopic (exact) mass is 256 g/mol. The van der Waals surface area contributed by atoms with Crippen LogP contribution in [0.15, 0.2) is 36.8 Å². The second-order valence-corrected chi connectivity index (χ2v) is 5.26. The maximum atomic E-state index is 4.36. The van der Waals surface area contributed by atoms with Crippen LogP contribution in [-0.4, -0.2) is 36.7 Å². The lowest BCUT2D eigenvalue weighted by Gasteiger charge is -2.20. The summed E-state index contributed by atoms with van der Waals surface area (Å²) in [6.07, 6.45) is 5.12. The number of para-hydroxylation sites is 2. The molecule has 1 N–H and O–H groups in total. The van der Waals surface area contributed by atoms with E-state index in [4.69, 9.17) is 0 Å². The summed E-state index contributed by atoms with van der Waals surface area (Å²) in [6, 6.07) is 8.46. The fraction of sp³-hybridized carbons (Fsp3) is 0.400. The van der Waals surface area contributed by atoms with Crippen LogP contribution in [0.5, 0.6) is 0 Å². The Morgan fingerprint density at radius 3 is 2.89 bits per heavy atom. The van der Waals surface area contributed by atoms with E-state index >= 15 is 0 Å². The van der Waals surface area contributed by atoms with Gasteiger partial charge in [0, 0.05) is 38.4 Å². The molecule has 19 heavy (non-hydrogen) atoms. The van der Waals surface area contributed by atoms with Crippen molar-refractivity contribution < 1.29 is 0 Å². The van der Waals surface area contributed by atoms with E-state index in [1.807, 2.05) is 12.5 Å². The topological polar surface area (TPSA) is 33.1 Å². The van der Waals surface area contributed by atoms with Gasteiger partial charge in [0.05, 0.1) is 17.7 Å². The van der Waals surface area contributed by atoms with E-state index in [0.717, 1.165) is 13.1 Å². The Balaban J connectivity index is 2.05. The molecule has 1 unspecified atom stereocenters. The van der Waals surface area contributed by atoms with Gasteiger partial charge in [0.1, 0.15) is 0 Å². The molecule has 1 atom stereocenters. The lowest BCUT2D eigenvalue weighted by atomic mass is 10.1. The summed E-state index contributed by atoms with van der Waals surface area (Å²) < 4.78 is 2.23. The molecule has 1 aromatic carbocycles. The van der Waals surface area contributed by atoms with Gasteiger partial charge in [-0.25, -0.2) is 4.98 Å². The van der Waals surface area contributed by atoms with E-state index in [9.17, 15) is 0 Å². The van der Waals surface area contributed by atoms with Crippen LogP contribution in [0.3, 0.4) is 0 Å². The van der Waals surface area contributed by atoms with Gasteiger partial charge in [-0.15, -0.1) is 0 Å². The van der Waals surface area contributed by atoms with E-state index in [2.05, 4.69) is 58.1 Å². The normalized spacial score (nSPS) is 18.7. The first-order valence-electron chi connectivity index (χ1n) is 6.77. The molecule has 0 saturated carbocycles. The molecule has 0 radical (unpaired) electrons. The average Bonchev–Trinajstić information content (AvgIpc) is 3.09. The number of imidazole rings is 1. The highest BCUT2D eigenvalue weighted by atomic mass is 15.1. The average molecular weight is 256 g/mol. The molecule has 2 aromatic rings. The number of nitrogens with zero attached hydrogens (tertiary/aromatic N) is 3. The second-order valence-electron chi connectivity index (χ2n) is 5.26. The Morgan fingerprint density at radius 2 is 2.16 bits per heavy atom. The van der Waals surface area contributed by atoms with Crippen molar-refractivity contribution in [3.05, 3.63) is 42.5 Å². The Morgan fingerprint density at radius 1 is 1.32 bits per heavy atom. The van der Waals surface area contributed by atoms with Crippen LogP contribution in [0, 0.1) is 0 Å². The molecule has 100 valence electrons. The molecule has 1 saturated heterocycles. The molecule has 4 heteroatoms. The lowest BCUT2D eigenvalue weighted by Crippen LogP contribution is -2.14. The first-order chi connectivity index (χ1) is 9.27. The SMILES string of the molecule is CN(C)c1ccccc1-n1cncc1C1CCNC1. The van der Waals surface area contributed by atoms with Gasteiger partial charge in [0.2, 0.25) is 0 Å². The van der Waals surface area contributed by atoms with Gasteiger partial charge in [-0.05, 0) is 25.1 Å². The van der Waals surface area contributed by atoms with Gasteiger partial charge in [-0.1, -0.05) is 12.1 Å². The lowest BCUT2D eigenvalue weighted by molar-refractivity contribution is 0.713. The van der Waals surface area contributed by atoms with Crippen molar-refractivity contribution in [1.82, 2.24) is 14.9 Å². The first kappa shape index (κ1) is 12.2. The fourth-order valence-electron chi connectivity index (χ4n) is 2.76. The van der Waals surface area contributed by atoms with E-state index in [0.29, 0.717) is 5.92 Å². The minimum absolute atomic E-state index is 0.567. The van der Waals surface area contributed by atoms with Gasteiger partial charge in [-0.2, -0.15) is 0 Å². The van der Waals surface area contributed by atoms with Gasteiger partial charge in [0.15, 0.2) is 0 Å². The summed E-state index contributed by atoms with van der Waals surface area (Å²) in [5, 5.41) is 3.43. The molecular formula is C15H20N4. The van der Waals surface area contributed by atoms with Crippen LogP contribution in [0.2, 0.25) is 0 Å². The molecule has 1 aliphatic heterocycles. The molecule has 1 aliphatic rings. The third-order valence-corrected chi connectivity index (χ3v) is 3.77. The zero-order valence-corrected chi connectivity index (χ0v) is 11.5. The van der Waals surface area contributed by atoms with Crippen molar-refractivity contribution in [3.63, 3.8) is 0 Å². The van der Waals surface area contributed by atoms with Crippen LogP contribution < -0.4 is 10.2 Å². The van der Waals surface area contributed by atoms with Crippen molar-refractivity contribution in [2.75, 3.05) is 32.1 Å². The van der Waals surface area contributed by atoms with Crippen LogP contribution in [0.4, 0.5) is 5.69 Å².